The van der Waals surface area contributed by atoms with Crippen LogP contribution in [0.25, 0.3) is 0 Å². The van der Waals surface area contributed by atoms with Crippen molar-refractivity contribution in [2.45, 2.75) is 26.2 Å². The van der Waals surface area contributed by atoms with E-state index in [0.717, 1.165) is 25.9 Å². The number of nitrogens with one attached hydrogen (secondary N) is 1. The first-order valence-electron chi connectivity index (χ1n) is 5.35. The molecule has 5 heteroatoms. The van der Waals surface area contributed by atoms with E-state index in [2.05, 4.69) is 5.32 Å². The smallest absolute Gasteiger partial charge is 0.214 e. The van der Waals surface area contributed by atoms with Gasteiger partial charge in [-0.25, -0.2) is 12.7 Å². The van der Waals surface area contributed by atoms with Gasteiger partial charge in [0.15, 0.2) is 0 Å². The molecule has 0 atom stereocenters. The maximum Gasteiger partial charge on any atom is 0.214 e. The molecule has 14 heavy (non-hydrogen) atoms. The summed E-state index contributed by atoms with van der Waals surface area (Å²) in [5, 5.41) is 3.27. The molecule has 0 aliphatic carbocycles. The Hall–Kier alpha value is -0.130. The highest BCUT2D eigenvalue weighted by Gasteiger charge is 2.20. The quantitative estimate of drug-likeness (QED) is 0.749. The molecule has 1 aliphatic rings. The third-order valence-corrected chi connectivity index (χ3v) is 4.45. The Labute approximate surface area is 86.7 Å². The zero-order valence-corrected chi connectivity index (χ0v) is 9.65. The molecule has 1 saturated heterocycles. The monoisotopic (exact) mass is 220 g/mol. The SMILES string of the molecule is CCCS(=O)(=O)N1CCCNCCC1. The summed E-state index contributed by atoms with van der Waals surface area (Å²) in [7, 11) is -2.97. The lowest BCUT2D eigenvalue weighted by molar-refractivity contribution is 0.371. The van der Waals surface area contributed by atoms with Crippen LogP contribution >= 0.6 is 0 Å². The Kier molecular flexibility index (Phi) is 4.84. The molecule has 0 spiro atoms. The van der Waals surface area contributed by atoms with Crippen molar-refractivity contribution in [3.8, 4) is 0 Å². The fraction of sp³-hybridized carbons (Fsp3) is 1.00. The molecule has 0 unspecified atom stereocenters. The van der Waals surface area contributed by atoms with Gasteiger partial charge in [-0.05, 0) is 32.4 Å². The second-order valence-corrected chi connectivity index (χ2v) is 5.76. The molecule has 1 N–H and O–H groups in total. The van der Waals surface area contributed by atoms with Gasteiger partial charge in [0.2, 0.25) is 10.0 Å². The first-order chi connectivity index (χ1) is 6.67. The third kappa shape index (κ3) is 3.55. The van der Waals surface area contributed by atoms with E-state index >= 15 is 0 Å². The topological polar surface area (TPSA) is 49.4 Å². The van der Waals surface area contributed by atoms with E-state index in [1.165, 1.54) is 0 Å². The Bertz CT molecular complexity index is 244. The molecule has 0 bridgehead atoms. The van der Waals surface area contributed by atoms with Crippen LogP contribution in [0.15, 0.2) is 0 Å². The van der Waals surface area contributed by atoms with Gasteiger partial charge < -0.3 is 5.32 Å². The van der Waals surface area contributed by atoms with E-state index in [1.807, 2.05) is 6.92 Å². The summed E-state index contributed by atoms with van der Waals surface area (Å²) < 4.78 is 25.2. The van der Waals surface area contributed by atoms with Gasteiger partial charge in [0.25, 0.3) is 0 Å². The van der Waals surface area contributed by atoms with Crippen molar-refractivity contribution in [2.75, 3.05) is 31.9 Å². The minimum Gasteiger partial charge on any atom is -0.317 e. The Morgan fingerprint density at radius 1 is 1.21 bits per heavy atom. The average Bonchev–Trinajstić information content (AvgIpc) is 2.01. The van der Waals surface area contributed by atoms with Crippen LogP contribution < -0.4 is 5.32 Å². The molecular weight excluding hydrogens is 200 g/mol. The highest BCUT2D eigenvalue weighted by molar-refractivity contribution is 7.89. The normalized spacial score (nSPS) is 21.5. The van der Waals surface area contributed by atoms with Crippen molar-refractivity contribution in [3.63, 3.8) is 0 Å². The molecule has 0 radical (unpaired) electrons. The molecule has 0 amide bonds. The summed E-state index contributed by atoms with van der Waals surface area (Å²) in [6.07, 6.45) is 2.54. The van der Waals surface area contributed by atoms with E-state index in [0.29, 0.717) is 25.3 Å². The van der Waals surface area contributed by atoms with Crippen molar-refractivity contribution in [3.05, 3.63) is 0 Å². The van der Waals surface area contributed by atoms with Crippen molar-refractivity contribution in [2.24, 2.45) is 0 Å². The van der Waals surface area contributed by atoms with Gasteiger partial charge >= 0.3 is 0 Å². The summed E-state index contributed by atoms with van der Waals surface area (Å²) in [6.45, 7) is 5.12. The second kappa shape index (κ2) is 5.68. The minimum absolute atomic E-state index is 0.292. The summed E-state index contributed by atoms with van der Waals surface area (Å²) in [5.41, 5.74) is 0. The molecule has 1 aliphatic heterocycles. The zero-order valence-electron chi connectivity index (χ0n) is 8.83. The summed E-state index contributed by atoms with van der Waals surface area (Å²) >= 11 is 0. The Balaban J connectivity index is 2.54. The van der Waals surface area contributed by atoms with Gasteiger partial charge in [-0.15, -0.1) is 0 Å². The number of nitrogens with zero attached hydrogens (tertiary/aromatic N) is 1. The lowest BCUT2D eigenvalue weighted by Gasteiger charge is -2.24. The average molecular weight is 220 g/mol. The van der Waals surface area contributed by atoms with Gasteiger partial charge in [-0.3, -0.25) is 0 Å². The Morgan fingerprint density at radius 2 is 1.79 bits per heavy atom. The fourth-order valence-corrected chi connectivity index (χ4v) is 3.25. The summed E-state index contributed by atoms with van der Waals surface area (Å²) in [5.74, 6) is 0.292. The van der Waals surface area contributed by atoms with E-state index < -0.39 is 10.0 Å². The Morgan fingerprint density at radius 3 is 2.29 bits per heavy atom. The maximum atomic E-state index is 11.8. The first-order valence-corrected chi connectivity index (χ1v) is 6.96. The molecule has 0 aromatic carbocycles. The van der Waals surface area contributed by atoms with Crippen LogP contribution in [0.5, 0.6) is 0 Å². The predicted molar refractivity (Wildman–Crippen MR) is 57.8 cm³/mol. The van der Waals surface area contributed by atoms with Gasteiger partial charge in [-0.2, -0.15) is 0 Å². The van der Waals surface area contributed by atoms with Gasteiger partial charge in [-0.1, -0.05) is 6.92 Å². The van der Waals surface area contributed by atoms with Crippen molar-refractivity contribution >= 4 is 10.0 Å². The number of rotatable bonds is 3. The van der Waals surface area contributed by atoms with Crippen LogP contribution in [0.1, 0.15) is 26.2 Å². The van der Waals surface area contributed by atoms with Crippen molar-refractivity contribution in [1.82, 2.24) is 9.62 Å². The fourth-order valence-electron chi connectivity index (χ4n) is 1.66. The third-order valence-electron chi connectivity index (χ3n) is 2.38. The number of hydrogen-bond acceptors (Lipinski definition) is 3. The van der Waals surface area contributed by atoms with Gasteiger partial charge in [0, 0.05) is 13.1 Å². The minimum atomic E-state index is -2.97. The van der Waals surface area contributed by atoms with Gasteiger partial charge in [0.05, 0.1) is 5.75 Å². The molecule has 0 aromatic heterocycles. The lowest BCUT2D eigenvalue weighted by Crippen LogP contribution is -2.39. The molecule has 1 rings (SSSR count). The molecule has 1 fully saturated rings. The highest BCUT2D eigenvalue weighted by atomic mass is 32.2. The van der Waals surface area contributed by atoms with Crippen LogP contribution in [0.2, 0.25) is 0 Å². The van der Waals surface area contributed by atoms with Crippen LogP contribution in [-0.2, 0) is 10.0 Å². The summed E-state index contributed by atoms with van der Waals surface area (Å²) in [4.78, 5) is 0. The molecule has 4 nitrogen and oxygen atoms in total. The zero-order chi connectivity index (χ0) is 10.4. The van der Waals surface area contributed by atoms with Crippen LogP contribution in [0, 0.1) is 0 Å². The molecule has 1 heterocycles. The first kappa shape index (κ1) is 11.9. The van der Waals surface area contributed by atoms with E-state index in [-0.39, 0.29) is 0 Å². The summed E-state index contributed by atoms with van der Waals surface area (Å²) in [6, 6.07) is 0. The second-order valence-electron chi connectivity index (χ2n) is 3.67. The van der Waals surface area contributed by atoms with Crippen LogP contribution in [-0.4, -0.2) is 44.7 Å². The maximum absolute atomic E-state index is 11.8. The molecule has 84 valence electrons. The van der Waals surface area contributed by atoms with Crippen LogP contribution in [0.3, 0.4) is 0 Å². The molecular formula is C9H20N2O2S. The van der Waals surface area contributed by atoms with E-state index in [9.17, 15) is 8.42 Å². The number of hydrogen-bond donors (Lipinski definition) is 1. The van der Waals surface area contributed by atoms with E-state index in [4.69, 9.17) is 0 Å². The largest absolute Gasteiger partial charge is 0.317 e. The highest BCUT2D eigenvalue weighted by Crippen LogP contribution is 2.06. The predicted octanol–water partition coefficient (Wildman–Crippen LogP) is 0.412. The van der Waals surface area contributed by atoms with E-state index in [1.54, 1.807) is 4.31 Å². The lowest BCUT2D eigenvalue weighted by atomic mass is 10.3. The van der Waals surface area contributed by atoms with Crippen molar-refractivity contribution < 1.29 is 8.42 Å². The number of sulfonamides is 1. The standard InChI is InChI=1S/C9H20N2O2S/c1-2-9-14(12,13)11-7-3-5-10-6-4-8-11/h10H,2-9H2,1H3. The molecule has 0 saturated carbocycles. The van der Waals surface area contributed by atoms with Crippen molar-refractivity contribution in [1.29, 1.82) is 0 Å². The van der Waals surface area contributed by atoms with Crippen LogP contribution in [0.4, 0.5) is 0 Å². The molecule has 0 aromatic rings. The van der Waals surface area contributed by atoms with Gasteiger partial charge in [0.1, 0.15) is 0 Å².